The van der Waals surface area contributed by atoms with Crippen molar-refractivity contribution in [3.63, 3.8) is 0 Å². The Morgan fingerprint density at radius 2 is 1.84 bits per heavy atom. The first-order valence-corrected chi connectivity index (χ1v) is 12.5. The first-order valence-electron chi connectivity index (χ1n) is 11.0. The Hall–Kier alpha value is -3.84. The predicted molar refractivity (Wildman–Crippen MR) is 128 cm³/mol. The third-order valence-electron chi connectivity index (χ3n) is 5.80. The van der Waals surface area contributed by atoms with Crippen molar-refractivity contribution in [2.45, 2.75) is 37.4 Å². The van der Waals surface area contributed by atoms with Crippen LogP contribution in [-0.2, 0) is 16.4 Å². The van der Waals surface area contributed by atoms with Crippen LogP contribution in [0, 0.1) is 5.82 Å². The summed E-state index contributed by atoms with van der Waals surface area (Å²) in [6.45, 7) is 2.45. The lowest BCUT2D eigenvalue weighted by molar-refractivity contribution is -0.147. The number of carbonyl (C=O) groups is 1. The van der Waals surface area contributed by atoms with Crippen LogP contribution >= 0.6 is 0 Å². The smallest absolute Gasteiger partial charge is 0.366 e. The van der Waals surface area contributed by atoms with E-state index in [-0.39, 0.29) is 22.3 Å². The van der Waals surface area contributed by atoms with Gasteiger partial charge in [-0.1, -0.05) is 6.92 Å². The lowest BCUT2D eigenvalue weighted by Crippen LogP contribution is -2.42. The van der Waals surface area contributed by atoms with E-state index >= 15 is 0 Å². The van der Waals surface area contributed by atoms with Crippen molar-refractivity contribution in [3.05, 3.63) is 71.9 Å². The van der Waals surface area contributed by atoms with Crippen molar-refractivity contribution in [2.24, 2.45) is 5.73 Å². The Balaban J connectivity index is 1.95. The number of amides is 1. The van der Waals surface area contributed by atoms with Crippen molar-refractivity contribution in [1.82, 2.24) is 19.3 Å². The zero-order chi connectivity index (χ0) is 27.1. The Labute approximate surface area is 209 Å². The maximum absolute atomic E-state index is 14.7. The number of carbonyl (C=O) groups excluding carboxylic acids is 1. The molecule has 1 atom stereocenters. The SMILES string of the molecule is CCc1cc2c(cc1F)c(C(N)=O)c(-c1ccc(S(=O)(=O)N[C@@H](C)C(F)(F)F)cn1)n2-c1ccncc1. The molecule has 0 aliphatic heterocycles. The Bertz CT molecular complexity index is 1590. The summed E-state index contributed by atoms with van der Waals surface area (Å²) in [4.78, 5) is 20.2. The van der Waals surface area contributed by atoms with E-state index in [1.807, 2.05) is 0 Å². The molecule has 0 fully saturated rings. The molecule has 3 aromatic heterocycles. The quantitative estimate of drug-likeness (QED) is 0.345. The topological polar surface area (TPSA) is 120 Å². The number of nitrogens with two attached hydrogens (primary N) is 1. The molecule has 0 saturated carbocycles. The minimum absolute atomic E-state index is 0.0553. The molecule has 1 aromatic carbocycles. The summed E-state index contributed by atoms with van der Waals surface area (Å²) >= 11 is 0. The molecule has 0 bridgehead atoms. The summed E-state index contributed by atoms with van der Waals surface area (Å²) in [7, 11) is -4.56. The fourth-order valence-corrected chi connectivity index (χ4v) is 5.10. The van der Waals surface area contributed by atoms with Crippen molar-refractivity contribution < 1.29 is 30.8 Å². The second-order valence-electron chi connectivity index (χ2n) is 8.21. The van der Waals surface area contributed by atoms with Gasteiger partial charge < -0.3 is 10.3 Å². The minimum Gasteiger partial charge on any atom is -0.366 e. The highest BCUT2D eigenvalue weighted by atomic mass is 32.2. The maximum Gasteiger partial charge on any atom is 0.404 e. The molecule has 0 unspecified atom stereocenters. The Morgan fingerprint density at radius 3 is 2.38 bits per heavy atom. The molecule has 0 aliphatic carbocycles. The van der Waals surface area contributed by atoms with E-state index in [1.165, 1.54) is 24.5 Å². The number of hydrogen-bond donors (Lipinski definition) is 2. The van der Waals surface area contributed by atoms with Gasteiger partial charge in [-0.2, -0.15) is 17.9 Å². The molecule has 0 radical (unpaired) electrons. The van der Waals surface area contributed by atoms with Crippen LogP contribution in [0.1, 0.15) is 29.8 Å². The first-order chi connectivity index (χ1) is 17.3. The number of nitrogens with one attached hydrogen (secondary N) is 1. The first kappa shape index (κ1) is 26.2. The van der Waals surface area contributed by atoms with Gasteiger partial charge in [-0.3, -0.25) is 14.8 Å². The van der Waals surface area contributed by atoms with E-state index in [1.54, 1.807) is 34.4 Å². The molecule has 1 amide bonds. The van der Waals surface area contributed by atoms with Gasteiger partial charge in [0.2, 0.25) is 10.0 Å². The molecule has 4 aromatic rings. The van der Waals surface area contributed by atoms with E-state index in [0.29, 0.717) is 30.1 Å². The number of hydrogen-bond acceptors (Lipinski definition) is 5. The average molecular weight is 536 g/mol. The van der Waals surface area contributed by atoms with Crippen LogP contribution in [-0.4, -0.2) is 41.1 Å². The van der Waals surface area contributed by atoms with Gasteiger partial charge in [-0.05, 0) is 55.3 Å². The van der Waals surface area contributed by atoms with Gasteiger partial charge in [0.25, 0.3) is 5.91 Å². The third-order valence-corrected chi connectivity index (χ3v) is 7.32. The van der Waals surface area contributed by atoms with Gasteiger partial charge in [0.1, 0.15) is 16.8 Å². The average Bonchev–Trinajstić information content (AvgIpc) is 3.17. The number of aromatic nitrogens is 3. The van der Waals surface area contributed by atoms with Crippen molar-refractivity contribution in [3.8, 4) is 17.1 Å². The molecule has 13 heteroatoms. The third kappa shape index (κ3) is 4.91. The number of nitrogens with zero attached hydrogens (tertiary/aromatic N) is 3. The van der Waals surface area contributed by atoms with E-state index in [2.05, 4.69) is 9.97 Å². The highest BCUT2D eigenvalue weighted by molar-refractivity contribution is 7.89. The summed E-state index contributed by atoms with van der Waals surface area (Å²) in [5, 5.41) is 0.216. The molecule has 0 aliphatic rings. The second-order valence-corrected chi connectivity index (χ2v) is 9.92. The number of alkyl halides is 3. The number of aryl methyl sites for hydroxylation is 1. The number of pyridine rings is 2. The van der Waals surface area contributed by atoms with Gasteiger partial charge >= 0.3 is 6.18 Å². The predicted octanol–water partition coefficient (Wildman–Crippen LogP) is 4.12. The van der Waals surface area contributed by atoms with Crippen LogP contribution in [0.2, 0.25) is 0 Å². The summed E-state index contributed by atoms with van der Waals surface area (Å²) in [5.74, 6) is -1.41. The van der Waals surface area contributed by atoms with Crippen LogP contribution in [0.3, 0.4) is 0 Å². The lowest BCUT2D eigenvalue weighted by atomic mass is 10.0. The number of halogens is 4. The molecule has 37 heavy (non-hydrogen) atoms. The zero-order valence-electron chi connectivity index (χ0n) is 19.5. The summed E-state index contributed by atoms with van der Waals surface area (Å²) in [6.07, 6.45) is -0.517. The fourth-order valence-electron chi connectivity index (χ4n) is 3.92. The van der Waals surface area contributed by atoms with Crippen LogP contribution < -0.4 is 10.5 Å². The molecular weight excluding hydrogens is 514 g/mol. The molecule has 8 nitrogen and oxygen atoms in total. The second kappa shape index (κ2) is 9.56. The molecule has 3 heterocycles. The molecule has 3 N–H and O–H groups in total. The van der Waals surface area contributed by atoms with Gasteiger partial charge in [0, 0.05) is 29.7 Å². The number of fused-ring (bicyclic) bond motifs is 1. The Morgan fingerprint density at radius 1 is 1.16 bits per heavy atom. The minimum atomic E-state index is -4.78. The van der Waals surface area contributed by atoms with Crippen LogP contribution in [0.4, 0.5) is 17.6 Å². The Kier molecular flexibility index (Phi) is 6.78. The standard InChI is InChI=1S/C24H21F4N5O3S/c1-3-14-10-20-17(11-18(14)25)21(23(29)34)22(33(20)15-6-8-30-9-7-15)19-5-4-16(12-31-19)37(35,36)32-13(2)24(26,27)28/h4-13,32H,3H2,1-2H3,(H2,29,34)/t13-/m0/s1. The van der Waals surface area contributed by atoms with Crippen molar-refractivity contribution >= 4 is 26.8 Å². The highest BCUT2D eigenvalue weighted by Crippen LogP contribution is 2.37. The van der Waals surface area contributed by atoms with Gasteiger partial charge in [-0.25, -0.2) is 12.8 Å². The highest BCUT2D eigenvalue weighted by Gasteiger charge is 2.39. The lowest BCUT2D eigenvalue weighted by Gasteiger charge is -2.17. The van der Waals surface area contributed by atoms with E-state index in [4.69, 9.17) is 5.73 Å². The largest absolute Gasteiger partial charge is 0.404 e. The molecule has 0 spiro atoms. The van der Waals surface area contributed by atoms with Crippen LogP contribution in [0.25, 0.3) is 28.0 Å². The number of primary amides is 1. The number of sulfonamides is 1. The summed E-state index contributed by atoms with van der Waals surface area (Å²) in [5.41, 5.74) is 7.26. The maximum atomic E-state index is 14.7. The molecular formula is C24H21F4N5O3S. The fraction of sp³-hybridized carbons (Fsp3) is 0.208. The number of rotatable bonds is 7. The van der Waals surface area contributed by atoms with Gasteiger partial charge in [-0.15, -0.1) is 0 Å². The van der Waals surface area contributed by atoms with E-state index in [0.717, 1.165) is 12.3 Å². The van der Waals surface area contributed by atoms with E-state index < -0.39 is 38.9 Å². The number of benzene rings is 1. The van der Waals surface area contributed by atoms with E-state index in [9.17, 15) is 30.8 Å². The van der Waals surface area contributed by atoms with Crippen LogP contribution in [0.5, 0.6) is 0 Å². The monoisotopic (exact) mass is 535 g/mol. The molecule has 4 rings (SSSR count). The normalized spacial score (nSPS) is 13.1. The summed E-state index contributed by atoms with van der Waals surface area (Å²) in [6, 6.07) is 6.05. The van der Waals surface area contributed by atoms with Crippen molar-refractivity contribution in [2.75, 3.05) is 0 Å². The van der Waals surface area contributed by atoms with Gasteiger partial charge in [0.15, 0.2) is 0 Å². The van der Waals surface area contributed by atoms with Crippen LogP contribution in [0.15, 0.2) is 59.9 Å². The zero-order valence-corrected chi connectivity index (χ0v) is 20.4. The van der Waals surface area contributed by atoms with Gasteiger partial charge in [0.05, 0.1) is 22.5 Å². The molecule has 194 valence electrons. The summed E-state index contributed by atoms with van der Waals surface area (Å²) < 4.78 is 81.5. The van der Waals surface area contributed by atoms with Crippen molar-refractivity contribution in [1.29, 1.82) is 0 Å². The molecule has 0 saturated heterocycles.